The monoisotopic (exact) mass is 311 g/mol. The quantitative estimate of drug-likeness (QED) is 0.862. The fraction of sp³-hybridized carbons (Fsp3) is 0.333. The summed E-state index contributed by atoms with van der Waals surface area (Å²) in [5.74, 6) is 0.890. The van der Waals surface area contributed by atoms with Crippen molar-refractivity contribution in [2.75, 3.05) is 13.7 Å². The van der Waals surface area contributed by atoms with Gasteiger partial charge < -0.3 is 15.4 Å². The first-order valence-corrected chi connectivity index (χ1v) is 7.79. The first-order valence-electron chi connectivity index (χ1n) is 7.79. The molecular weight excluding hydrogens is 290 g/mol. The molecule has 5 nitrogen and oxygen atoms in total. The molecule has 0 bridgehead atoms. The van der Waals surface area contributed by atoms with Crippen LogP contribution in [0, 0.1) is 0 Å². The highest BCUT2D eigenvalue weighted by Crippen LogP contribution is 2.50. The second-order valence-corrected chi connectivity index (χ2v) is 5.84. The lowest BCUT2D eigenvalue weighted by Crippen LogP contribution is -2.39. The van der Waals surface area contributed by atoms with Crippen molar-refractivity contribution in [3.05, 3.63) is 59.9 Å². The van der Waals surface area contributed by atoms with Crippen LogP contribution in [-0.4, -0.2) is 24.7 Å². The van der Waals surface area contributed by atoms with E-state index >= 15 is 0 Å². The summed E-state index contributed by atoms with van der Waals surface area (Å²) in [7, 11) is 1.68. The van der Waals surface area contributed by atoms with E-state index in [2.05, 4.69) is 21.7 Å². The maximum absolute atomic E-state index is 12.0. The second-order valence-electron chi connectivity index (χ2n) is 5.84. The predicted octanol–water partition coefficient (Wildman–Crippen LogP) is 2.62. The van der Waals surface area contributed by atoms with Crippen molar-refractivity contribution in [2.24, 2.45) is 0 Å². The van der Waals surface area contributed by atoms with Gasteiger partial charge in [-0.25, -0.2) is 4.79 Å². The van der Waals surface area contributed by atoms with Gasteiger partial charge in [0.2, 0.25) is 0 Å². The van der Waals surface area contributed by atoms with Crippen molar-refractivity contribution < 1.29 is 9.53 Å². The minimum Gasteiger partial charge on any atom is -0.496 e. The van der Waals surface area contributed by atoms with Gasteiger partial charge in [0.05, 0.1) is 19.3 Å². The Bertz CT molecular complexity index is 669. The zero-order valence-corrected chi connectivity index (χ0v) is 13.2. The Morgan fingerprint density at radius 2 is 1.96 bits per heavy atom. The molecule has 0 radical (unpaired) electrons. The van der Waals surface area contributed by atoms with E-state index in [4.69, 9.17) is 4.74 Å². The number of ether oxygens (including phenoxy) is 1. The van der Waals surface area contributed by atoms with E-state index in [1.165, 1.54) is 5.56 Å². The molecule has 2 aromatic rings. The number of urea groups is 1. The minimum absolute atomic E-state index is 0.00887. The van der Waals surface area contributed by atoms with Gasteiger partial charge in [-0.3, -0.25) is 4.98 Å². The number of hydrogen-bond acceptors (Lipinski definition) is 3. The summed E-state index contributed by atoms with van der Waals surface area (Å²) in [6.07, 6.45) is 3.84. The Kier molecular flexibility index (Phi) is 4.46. The predicted molar refractivity (Wildman–Crippen MR) is 88.4 cm³/mol. The van der Waals surface area contributed by atoms with Crippen LogP contribution in [0.1, 0.15) is 24.1 Å². The lowest BCUT2D eigenvalue weighted by atomic mass is 9.95. The van der Waals surface area contributed by atoms with Crippen LogP contribution in [0.15, 0.2) is 48.7 Å². The van der Waals surface area contributed by atoms with Crippen LogP contribution in [0.3, 0.4) is 0 Å². The molecular formula is C18H21N3O2. The molecule has 23 heavy (non-hydrogen) atoms. The lowest BCUT2D eigenvalue weighted by molar-refractivity contribution is 0.239. The van der Waals surface area contributed by atoms with Crippen molar-refractivity contribution in [3.63, 3.8) is 0 Å². The molecule has 0 unspecified atom stereocenters. The van der Waals surface area contributed by atoms with Gasteiger partial charge in [-0.2, -0.15) is 0 Å². The number of methoxy groups -OCH3 is 1. The summed E-state index contributed by atoms with van der Waals surface area (Å²) in [6, 6.07) is 13.5. The van der Waals surface area contributed by atoms with Crippen molar-refractivity contribution in [2.45, 2.75) is 24.8 Å². The van der Waals surface area contributed by atoms with E-state index < -0.39 is 0 Å². The summed E-state index contributed by atoms with van der Waals surface area (Å²) < 4.78 is 5.45. The molecule has 1 aromatic carbocycles. The molecule has 2 N–H and O–H groups in total. The molecule has 120 valence electrons. The number of para-hydroxylation sites is 1. The SMILES string of the molecule is COc1ccccc1C1(CNC(=O)NCc2ccccn2)CC1. The Labute approximate surface area is 136 Å². The summed E-state index contributed by atoms with van der Waals surface area (Å²) in [5, 5.41) is 5.81. The number of aromatic nitrogens is 1. The van der Waals surface area contributed by atoms with Crippen molar-refractivity contribution in [3.8, 4) is 5.75 Å². The number of hydrogen-bond donors (Lipinski definition) is 2. The van der Waals surface area contributed by atoms with Gasteiger partial charge in [0, 0.05) is 23.7 Å². The molecule has 1 saturated carbocycles. The van der Waals surface area contributed by atoms with E-state index in [-0.39, 0.29) is 11.4 Å². The normalized spacial score (nSPS) is 14.8. The lowest BCUT2D eigenvalue weighted by Gasteiger charge is -2.19. The topological polar surface area (TPSA) is 63.2 Å². The number of carbonyl (C=O) groups is 1. The van der Waals surface area contributed by atoms with Crippen LogP contribution in [0.5, 0.6) is 5.75 Å². The van der Waals surface area contributed by atoms with Crippen molar-refractivity contribution in [1.29, 1.82) is 0 Å². The maximum Gasteiger partial charge on any atom is 0.315 e. The van der Waals surface area contributed by atoms with Gasteiger partial charge in [-0.15, -0.1) is 0 Å². The van der Waals surface area contributed by atoms with E-state index in [0.717, 1.165) is 24.3 Å². The number of nitrogens with zero attached hydrogens (tertiary/aromatic N) is 1. The summed E-state index contributed by atoms with van der Waals surface area (Å²) >= 11 is 0. The summed E-state index contributed by atoms with van der Waals surface area (Å²) in [5.41, 5.74) is 2.02. The largest absolute Gasteiger partial charge is 0.496 e. The van der Waals surface area contributed by atoms with Crippen LogP contribution in [0.25, 0.3) is 0 Å². The van der Waals surface area contributed by atoms with E-state index in [1.54, 1.807) is 13.3 Å². The number of amides is 2. The third-order valence-corrected chi connectivity index (χ3v) is 4.28. The first-order chi connectivity index (χ1) is 11.2. The van der Waals surface area contributed by atoms with Crippen LogP contribution in [0.2, 0.25) is 0 Å². The number of benzene rings is 1. The number of carbonyl (C=O) groups excluding carboxylic acids is 1. The minimum atomic E-state index is -0.170. The van der Waals surface area contributed by atoms with Crippen LogP contribution < -0.4 is 15.4 Å². The van der Waals surface area contributed by atoms with Gasteiger partial charge in [0.25, 0.3) is 0 Å². The molecule has 1 fully saturated rings. The second kappa shape index (κ2) is 6.69. The van der Waals surface area contributed by atoms with Gasteiger partial charge in [-0.1, -0.05) is 24.3 Å². The highest BCUT2D eigenvalue weighted by molar-refractivity contribution is 5.74. The molecule has 0 saturated heterocycles. The Hall–Kier alpha value is -2.56. The van der Waals surface area contributed by atoms with E-state index in [1.807, 2.05) is 36.4 Å². The fourth-order valence-electron chi connectivity index (χ4n) is 2.76. The molecule has 1 aromatic heterocycles. The molecule has 1 aliphatic rings. The molecule has 0 atom stereocenters. The molecule has 0 spiro atoms. The highest BCUT2D eigenvalue weighted by Gasteiger charge is 2.46. The smallest absolute Gasteiger partial charge is 0.315 e. The van der Waals surface area contributed by atoms with Gasteiger partial charge in [0.1, 0.15) is 5.75 Å². The Morgan fingerprint density at radius 1 is 1.17 bits per heavy atom. The van der Waals surface area contributed by atoms with Crippen LogP contribution in [0.4, 0.5) is 4.79 Å². The molecule has 2 amide bonds. The van der Waals surface area contributed by atoms with Gasteiger partial charge in [-0.05, 0) is 31.0 Å². The van der Waals surface area contributed by atoms with E-state index in [9.17, 15) is 4.79 Å². The molecule has 0 aliphatic heterocycles. The summed E-state index contributed by atoms with van der Waals surface area (Å²) in [6.45, 7) is 1.04. The van der Waals surface area contributed by atoms with Gasteiger partial charge >= 0.3 is 6.03 Å². The molecule has 1 aliphatic carbocycles. The maximum atomic E-state index is 12.0. The average molecular weight is 311 g/mol. The number of rotatable bonds is 6. The highest BCUT2D eigenvalue weighted by atomic mass is 16.5. The average Bonchev–Trinajstić information content (AvgIpc) is 3.40. The zero-order valence-electron chi connectivity index (χ0n) is 13.2. The number of nitrogens with one attached hydrogen (secondary N) is 2. The molecule has 1 heterocycles. The Balaban J connectivity index is 1.54. The Morgan fingerprint density at radius 3 is 2.65 bits per heavy atom. The standard InChI is InChI=1S/C18H21N3O2/c1-23-16-8-3-2-7-15(16)18(9-10-18)13-21-17(22)20-12-14-6-4-5-11-19-14/h2-8,11H,9-10,12-13H2,1H3,(H2,20,21,22). The zero-order chi connectivity index (χ0) is 16.1. The van der Waals surface area contributed by atoms with Crippen LogP contribution >= 0.6 is 0 Å². The fourth-order valence-corrected chi connectivity index (χ4v) is 2.76. The van der Waals surface area contributed by atoms with Gasteiger partial charge in [0.15, 0.2) is 0 Å². The van der Waals surface area contributed by atoms with Crippen molar-refractivity contribution >= 4 is 6.03 Å². The van der Waals surface area contributed by atoms with Crippen molar-refractivity contribution in [1.82, 2.24) is 15.6 Å². The molecule has 5 heteroatoms. The first kappa shape index (κ1) is 15.3. The van der Waals surface area contributed by atoms with E-state index in [0.29, 0.717) is 13.1 Å². The van der Waals surface area contributed by atoms with Crippen LogP contribution in [-0.2, 0) is 12.0 Å². The third kappa shape index (κ3) is 3.62. The number of pyridine rings is 1. The third-order valence-electron chi connectivity index (χ3n) is 4.28. The summed E-state index contributed by atoms with van der Waals surface area (Å²) in [4.78, 5) is 16.2. The molecule has 3 rings (SSSR count).